The minimum atomic E-state index is 0.284. The Morgan fingerprint density at radius 3 is 2.46 bits per heavy atom. The zero-order valence-corrected chi connectivity index (χ0v) is 8.55. The first-order valence-electron chi connectivity index (χ1n) is 4.79. The highest BCUT2D eigenvalue weighted by atomic mass is 16.1. The van der Waals surface area contributed by atoms with E-state index in [1.807, 2.05) is 7.05 Å². The van der Waals surface area contributed by atoms with Crippen LogP contribution < -0.4 is 5.32 Å². The molecule has 0 atom stereocenters. The first-order valence-corrected chi connectivity index (χ1v) is 4.79. The Labute approximate surface area is 79.9 Å². The minimum absolute atomic E-state index is 0.284. The predicted molar refractivity (Wildman–Crippen MR) is 52.9 cm³/mol. The molecule has 1 aliphatic heterocycles. The summed E-state index contributed by atoms with van der Waals surface area (Å²) in [5.74, 6) is 0.284. The summed E-state index contributed by atoms with van der Waals surface area (Å²) in [4.78, 5) is 15.8. The molecule has 1 saturated heterocycles. The van der Waals surface area contributed by atoms with Gasteiger partial charge in [-0.1, -0.05) is 0 Å². The lowest BCUT2D eigenvalue weighted by atomic mass is 10.3. The molecule has 0 aromatic heterocycles. The fraction of sp³-hybridized carbons (Fsp3) is 0.889. The van der Waals surface area contributed by atoms with Gasteiger partial charge >= 0.3 is 0 Å². The Kier molecular flexibility index (Phi) is 4.35. The Balaban J connectivity index is 2.18. The number of rotatable bonds is 4. The SMILES string of the molecule is CNCC(=O)CN1CCN(C)CC1. The van der Waals surface area contributed by atoms with Crippen molar-refractivity contribution < 1.29 is 4.79 Å². The molecule has 0 bridgehead atoms. The molecule has 0 saturated carbocycles. The summed E-state index contributed by atoms with van der Waals surface area (Å²) in [6.45, 7) is 5.29. The molecule has 1 fully saturated rings. The highest BCUT2D eigenvalue weighted by Gasteiger charge is 2.15. The van der Waals surface area contributed by atoms with Gasteiger partial charge < -0.3 is 10.2 Å². The topological polar surface area (TPSA) is 35.6 Å². The lowest BCUT2D eigenvalue weighted by Gasteiger charge is -2.31. The summed E-state index contributed by atoms with van der Waals surface area (Å²) in [5, 5.41) is 2.88. The number of hydrogen-bond donors (Lipinski definition) is 1. The van der Waals surface area contributed by atoms with E-state index in [-0.39, 0.29) is 5.78 Å². The van der Waals surface area contributed by atoms with Gasteiger partial charge in [-0.15, -0.1) is 0 Å². The number of carbonyl (C=O) groups excluding carboxylic acids is 1. The summed E-state index contributed by atoms with van der Waals surface area (Å²) in [6.07, 6.45) is 0. The molecule has 1 N–H and O–H groups in total. The normalized spacial score (nSPS) is 20.5. The summed E-state index contributed by atoms with van der Waals surface area (Å²) in [7, 11) is 3.93. The average Bonchev–Trinajstić information content (AvgIpc) is 2.09. The van der Waals surface area contributed by atoms with Crippen LogP contribution in [0.25, 0.3) is 0 Å². The molecule has 0 aromatic rings. The minimum Gasteiger partial charge on any atom is -0.313 e. The highest BCUT2D eigenvalue weighted by molar-refractivity contribution is 5.82. The largest absolute Gasteiger partial charge is 0.313 e. The van der Waals surface area contributed by atoms with Crippen LogP contribution in [-0.2, 0) is 4.79 Å². The molecule has 76 valence electrons. The van der Waals surface area contributed by atoms with Gasteiger partial charge in [-0.25, -0.2) is 0 Å². The monoisotopic (exact) mass is 185 g/mol. The van der Waals surface area contributed by atoms with Crippen molar-refractivity contribution in [2.45, 2.75) is 0 Å². The molecular formula is C9H19N3O. The molecule has 4 nitrogen and oxygen atoms in total. The van der Waals surface area contributed by atoms with Crippen molar-refractivity contribution in [3.8, 4) is 0 Å². The van der Waals surface area contributed by atoms with Crippen molar-refractivity contribution in [2.75, 3.05) is 53.4 Å². The number of likely N-dealkylation sites (N-methyl/N-ethyl adjacent to an activating group) is 2. The molecule has 13 heavy (non-hydrogen) atoms. The van der Waals surface area contributed by atoms with Crippen molar-refractivity contribution in [1.82, 2.24) is 15.1 Å². The second kappa shape index (κ2) is 5.32. The third-order valence-electron chi connectivity index (χ3n) is 2.37. The van der Waals surface area contributed by atoms with Gasteiger partial charge in [0.05, 0.1) is 13.1 Å². The number of Topliss-reactive ketones (excluding diaryl/α,β-unsaturated/α-hetero) is 1. The molecule has 0 unspecified atom stereocenters. The Bertz CT molecular complexity index is 164. The maximum atomic E-state index is 11.3. The predicted octanol–water partition coefficient (Wildman–Crippen LogP) is -0.978. The van der Waals surface area contributed by atoms with E-state index in [0.717, 1.165) is 26.2 Å². The van der Waals surface area contributed by atoms with E-state index in [1.165, 1.54) is 0 Å². The van der Waals surface area contributed by atoms with Crippen LogP contribution in [0.3, 0.4) is 0 Å². The molecule has 1 heterocycles. The summed E-state index contributed by atoms with van der Waals surface area (Å²) >= 11 is 0. The van der Waals surface area contributed by atoms with Crippen LogP contribution in [0.4, 0.5) is 0 Å². The van der Waals surface area contributed by atoms with Gasteiger partial charge in [0.25, 0.3) is 0 Å². The fourth-order valence-electron chi connectivity index (χ4n) is 1.51. The molecule has 0 spiro atoms. The molecule has 1 aliphatic rings. The van der Waals surface area contributed by atoms with Crippen LogP contribution in [0.1, 0.15) is 0 Å². The second-order valence-electron chi connectivity index (χ2n) is 3.65. The number of piperazine rings is 1. The Morgan fingerprint density at radius 2 is 1.92 bits per heavy atom. The lowest BCUT2D eigenvalue weighted by molar-refractivity contribution is -0.119. The molecule has 0 radical (unpaired) electrons. The van der Waals surface area contributed by atoms with Crippen LogP contribution >= 0.6 is 0 Å². The molecule has 4 heteroatoms. The van der Waals surface area contributed by atoms with Gasteiger partial charge in [-0.3, -0.25) is 9.69 Å². The zero-order valence-electron chi connectivity index (χ0n) is 8.55. The standard InChI is InChI=1S/C9H19N3O/c1-10-7-9(13)8-12-5-3-11(2)4-6-12/h10H,3-8H2,1-2H3. The third kappa shape index (κ3) is 3.85. The highest BCUT2D eigenvalue weighted by Crippen LogP contribution is 1.98. The number of carbonyl (C=O) groups is 1. The van der Waals surface area contributed by atoms with Crippen molar-refractivity contribution in [1.29, 1.82) is 0 Å². The molecule has 0 amide bonds. The third-order valence-corrected chi connectivity index (χ3v) is 2.37. The van der Waals surface area contributed by atoms with Crippen LogP contribution in [0.2, 0.25) is 0 Å². The van der Waals surface area contributed by atoms with Crippen molar-refractivity contribution >= 4 is 5.78 Å². The van der Waals surface area contributed by atoms with Crippen LogP contribution in [-0.4, -0.2) is 68.9 Å². The average molecular weight is 185 g/mol. The summed E-state index contributed by atoms with van der Waals surface area (Å²) in [6, 6.07) is 0. The Morgan fingerprint density at radius 1 is 1.31 bits per heavy atom. The number of nitrogens with one attached hydrogen (secondary N) is 1. The molecular weight excluding hydrogens is 166 g/mol. The number of ketones is 1. The second-order valence-corrected chi connectivity index (χ2v) is 3.65. The summed E-state index contributed by atoms with van der Waals surface area (Å²) < 4.78 is 0. The van der Waals surface area contributed by atoms with Crippen molar-refractivity contribution in [2.24, 2.45) is 0 Å². The van der Waals surface area contributed by atoms with Gasteiger partial charge in [0, 0.05) is 26.2 Å². The zero-order chi connectivity index (χ0) is 9.68. The van der Waals surface area contributed by atoms with Crippen LogP contribution in [0.5, 0.6) is 0 Å². The first-order chi connectivity index (χ1) is 6.22. The molecule has 0 aromatic carbocycles. The number of hydrogen-bond acceptors (Lipinski definition) is 4. The van der Waals surface area contributed by atoms with Crippen molar-refractivity contribution in [3.63, 3.8) is 0 Å². The molecule has 1 rings (SSSR count). The van der Waals surface area contributed by atoms with E-state index in [0.29, 0.717) is 13.1 Å². The van der Waals surface area contributed by atoms with E-state index in [1.54, 1.807) is 0 Å². The van der Waals surface area contributed by atoms with Crippen molar-refractivity contribution in [3.05, 3.63) is 0 Å². The van der Waals surface area contributed by atoms with Crippen LogP contribution in [0, 0.1) is 0 Å². The summed E-state index contributed by atoms with van der Waals surface area (Å²) in [5.41, 5.74) is 0. The van der Waals surface area contributed by atoms with Gasteiger partial charge in [0.2, 0.25) is 0 Å². The Hall–Kier alpha value is -0.450. The van der Waals surface area contributed by atoms with E-state index >= 15 is 0 Å². The lowest BCUT2D eigenvalue weighted by Crippen LogP contribution is -2.47. The van der Waals surface area contributed by atoms with E-state index in [4.69, 9.17) is 0 Å². The van der Waals surface area contributed by atoms with Crippen LogP contribution in [0.15, 0.2) is 0 Å². The maximum Gasteiger partial charge on any atom is 0.160 e. The van der Waals surface area contributed by atoms with E-state index in [9.17, 15) is 4.79 Å². The first kappa shape index (κ1) is 10.6. The van der Waals surface area contributed by atoms with Gasteiger partial charge in [0.1, 0.15) is 0 Å². The van der Waals surface area contributed by atoms with E-state index in [2.05, 4.69) is 22.2 Å². The number of nitrogens with zero attached hydrogens (tertiary/aromatic N) is 2. The smallest absolute Gasteiger partial charge is 0.160 e. The van der Waals surface area contributed by atoms with Gasteiger partial charge in [0.15, 0.2) is 5.78 Å². The maximum absolute atomic E-state index is 11.3. The van der Waals surface area contributed by atoms with Gasteiger partial charge in [-0.05, 0) is 14.1 Å². The quantitative estimate of drug-likeness (QED) is 0.611. The molecule has 0 aliphatic carbocycles. The fourth-order valence-corrected chi connectivity index (χ4v) is 1.51. The van der Waals surface area contributed by atoms with E-state index < -0.39 is 0 Å². The van der Waals surface area contributed by atoms with Gasteiger partial charge in [-0.2, -0.15) is 0 Å².